The van der Waals surface area contributed by atoms with Gasteiger partial charge in [0.15, 0.2) is 0 Å². The number of nitrogens with one attached hydrogen (secondary N) is 1. The van der Waals surface area contributed by atoms with Crippen LogP contribution in [0, 0.1) is 5.92 Å². The molecular formula is C15H26N2O2S. The first-order valence-electron chi connectivity index (χ1n) is 7.01. The maximum Gasteiger partial charge on any atom is 0.218 e. The molecule has 0 atom stereocenters. The van der Waals surface area contributed by atoms with Crippen LogP contribution in [0.3, 0.4) is 0 Å². The summed E-state index contributed by atoms with van der Waals surface area (Å²) < 4.78 is 26.1. The van der Waals surface area contributed by atoms with Gasteiger partial charge in [-0.25, -0.2) is 12.7 Å². The van der Waals surface area contributed by atoms with Crippen LogP contribution >= 0.6 is 0 Å². The van der Waals surface area contributed by atoms with E-state index in [0.29, 0.717) is 12.5 Å². The number of nitrogens with zero attached hydrogens (tertiary/aromatic N) is 1. The molecule has 0 radical (unpaired) electrons. The Labute approximate surface area is 123 Å². The average Bonchev–Trinajstić information content (AvgIpc) is 2.36. The van der Waals surface area contributed by atoms with Gasteiger partial charge in [-0.05, 0) is 30.5 Å². The van der Waals surface area contributed by atoms with Crippen molar-refractivity contribution >= 4 is 10.0 Å². The molecule has 4 nitrogen and oxygen atoms in total. The molecule has 0 aromatic heterocycles. The Hall–Kier alpha value is -0.910. The molecule has 0 saturated carbocycles. The van der Waals surface area contributed by atoms with Crippen LogP contribution in [0.2, 0.25) is 0 Å². The second-order valence-corrected chi connectivity index (χ2v) is 7.69. The second kappa shape index (κ2) is 7.76. The Morgan fingerprint density at radius 1 is 1.25 bits per heavy atom. The van der Waals surface area contributed by atoms with Gasteiger partial charge in [0, 0.05) is 20.1 Å². The van der Waals surface area contributed by atoms with Gasteiger partial charge >= 0.3 is 0 Å². The molecule has 0 saturated heterocycles. The molecule has 20 heavy (non-hydrogen) atoms. The topological polar surface area (TPSA) is 49.4 Å². The molecule has 0 aliphatic heterocycles. The van der Waals surface area contributed by atoms with Gasteiger partial charge in [0.1, 0.15) is 0 Å². The lowest BCUT2D eigenvalue weighted by atomic mass is 10.1. The van der Waals surface area contributed by atoms with Crippen molar-refractivity contribution in [3.05, 3.63) is 35.4 Å². The molecule has 0 spiro atoms. The van der Waals surface area contributed by atoms with Gasteiger partial charge in [-0.1, -0.05) is 38.1 Å². The maximum atomic E-state index is 12.3. The van der Waals surface area contributed by atoms with E-state index in [1.165, 1.54) is 4.31 Å². The number of rotatable bonds is 8. The van der Waals surface area contributed by atoms with E-state index in [1.54, 1.807) is 7.05 Å². The summed E-state index contributed by atoms with van der Waals surface area (Å²) in [5.74, 6) is 0.575. The molecule has 0 unspecified atom stereocenters. The molecular weight excluding hydrogens is 272 g/mol. The van der Waals surface area contributed by atoms with E-state index < -0.39 is 10.0 Å². The third-order valence-electron chi connectivity index (χ3n) is 3.22. The van der Waals surface area contributed by atoms with Gasteiger partial charge < -0.3 is 5.32 Å². The van der Waals surface area contributed by atoms with Crippen molar-refractivity contribution in [2.75, 3.05) is 20.6 Å². The Bertz CT molecular complexity index is 512. The molecule has 1 rings (SSSR count). The van der Waals surface area contributed by atoms with E-state index in [4.69, 9.17) is 0 Å². The molecule has 0 aliphatic rings. The van der Waals surface area contributed by atoms with Crippen LogP contribution in [-0.2, 0) is 22.3 Å². The van der Waals surface area contributed by atoms with E-state index in [1.807, 2.05) is 31.3 Å². The molecule has 5 heteroatoms. The van der Waals surface area contributed by atoms with Gasteiger partial charge in [-0.15, -0.1) is 0 Å². The molecule has 0 bridgehead atoms. The predicted molar refractivity (Wildman–Crippen MR) is 83.9 cm³/mol. The second-order valence-electron chi connectivity index (χ2n) is 5.61. The molecule has 0 fully saturated rings. The Morgan fingerprint density at radius 3 is 2.50 bits per heavy atom. The van der Waals surface area contributed by atoms with E-state index in [-0.39, 0.29) is 5.75 Å². The summed E-state index contributed by atoms with van der Waals surface area (Å²) >= 11 is 0. The summed E-state index contributed by atoms with van der Waals surface area (Å²) in [7, 11) is 0.312. The molecule has 0 amide bonds. The zero-order chi connectivity index (χ0) is 15.2. The van der Waals surface area contributed by atoms with E-state index in [0.717, 1.165) is 24.1 Å². The highest BCUT2D eigenvalue weighted by atomic mass is 32.2. The lowest BCUT2D eigenvalue weighted by Crippen LogP contribution is -2.29. The highest BCUT2D eigenvalue weighted by molar-refractivity contribution is 7.88. The van der Waals surface area contributed by atoms with Gasteiger partial charge in [0.25, 0.3) is 0 Å². The van der Waals surface area contributed by atoms with Crippen LogP contribution < -0.4 is 5.32 Å². The number of sulfonamides is 1. The molecule has 0 aliphatic carbocycles. The van der Waals surface area contributed by atoms with Crippen molar-refractivity contribution in [1.29, 1.82) is 0 Å². The molecule has 1 aromatic carbocycles. The van der Waals surface area contributed by atoms with Crippen LogP contribution in [0.15, 0.2) is 24.3 Å². The lowest BCUT2D eigenvalue weighted by Gasteiger charge is -2.18. The van der Waals surface area contributed by atoms with Crippen molar-refractivity contribution < 1.29 is 8.42 Å². The Kier molecular flexibility index (Phi) is 6.65. The zero-order valence-corrected chi connectivity index (χ0v) is 13.7. The van der Waals surface area contributed by atoms with Gasteiger partial charge in [0.2, 0.25) is 10.0 Å². The van der Waals surface area contributed by atoms with Crippen LogP contribution in [-0.4, -0.2) is 33.4 Å². The third kappa shape index (κ3) is 5.61. The first-order chi connectivity index (χ1) is 9.35. The minimum atomic E-state index is -3.23. The molecule has 1 aromatic rings. The Balaban J connectivity index is 2.72. The number of hydrogen-bond acceptors (Lipinski definition) is 3. The fourth-order valence-electron chi connectivity index (χ4n) is 1.93. The van der Waals surface area contributed by atoms with Crippen LogP contribution in [0.25, 0.3) is 0 Å². The van der Waals surface area contributed by atoms with Crippen LogP contribution in [0.1, 0.15) is 31.4 Å². The van der Waals surface area contributed by atoms with Crippen molar-refractivity contribution in [2.45, 2.75) is 32.6 Å². The van der Waals surface area contributed by atoms with Crippen molar-refractivity contribution in [1.82, 2.24) is 9.62 Å². The summed E-state index contributed by atoms with van der Waals surface area (Å²) in [6.07, 6.45) is 0.884. The largest absolute Gasteiger partial charge is 0.316 e. The van der Waals surface area contributed by atoms with Crippen molar-refractivity contribution in [3.8, 4) is 0 Å². The highest BCUT2D eigenvalue weighted by Crippen LogP contribution is 2.13. The highest BCUT2D eigenvalue weighted by Gasteiger charge is 2.18. The first-order valence-corrected chi connectivity index (χ1v) is 8.62. The van der Waals surface area contributed by atoms with E-state index >= 15 is 0 Å². The normalized spacial score (nSPS) is 12.3. The van der Waals surface area contributed by atoms with Crippen molar-refractivity contribution in [3.63, 3.8) is 0 Å². The molecule has 1 N–H and O–H groups in total. The van der Waals surface area contributed by atoms with Crippen LogP contribution in [0.5, 0.6) is 0 Å². The minimum absolute atomic E-state index is 0.0686. The van der Waals surface area contributed by atoms with Gasteiger partial charge in [-0.2, -0.15) is 0 Å². The monoisotopic (exact) mass is 298 g/mol. The summed E-state index contributed by atoms with van der Waals surface area (Å²) in [5.41, 5.74) is 1.94. The van der Waals surface area contributed by atoms with Gasteiger partial charge in [-0.3, -0.25) is 0 Å². The smallest absolute Gasteiger partial charge is 0.218 e. The summed E-state index contributed by atoms with van der Waals surface area (Å²) in [4.78, 5) is 0. The van der Waals surface area contributed by atoms with Crippen molar-refractivity contribution in [2.24, 2.45) is 5.92 Å². The Morgan fingerprint density at radius 2 is 1.90 bits per heavy atom. The summed E-state index contributed by atoms with van der Waals surface area (Å²) in [6, 6.07) is 7.72. The predicted octanol–water partition coefficient (Wildman–Crippen LogP) is 2.21. The van der Waals surface area contributed by atoms with Crippen LogP contribution in [0.4, 0.5) is 0 Å². The standard InChI is InChI=1S/C15H26N2O2S/c1-13(2)8-9-17(4)20(18,19)12-15-7-5-6-14(10-15)11-16-3/h5-7,10,13,16H,8-9,11-12H2,1-4H3. The zero-order valence-electron chi connectivity index (χ0n) is 12.9. The first kappa shape index (κ1) is 17.1. The van der Waals surface area contributed by atoms with Gasteiger partial charge in [0.05, 0.1) is 5.75 Å². The summed E-state index contributed by atoms with van der Waals surface area (Å²) in [5, 5.41) is 3.07. The fraction of sp³-hybridized carbons (Fsp3) is 0.600. The fourth-order valence-corrected chi connectivity index (χ4v) is 3.14. The quantitative estimate of drug-likeness (QED) is 0.800. The lowest BCUT2D eigenvalue weighted by molar-refractivity contribution is 0.427. The maximum absolute atomic E-state index is 12.3. The average molecular weight is 298 g/mol. The number of benzene rings is 1. The SMILES string of the molecule is CNCc1cccc(CS(=O)(=O)N(C)CCC(C)C)c1. The number of hydrogen-bond donors (Lipinski definition) is 1. The molecule has 0 heterocycles. The van der Waals surface area contributed by atoms with E-state index in [2.05, 4.69) is 19.2 Å². The summed E-state index contributed by atoms with van der Waals surface area (Å²) in [6.45, 7) is 5.52. The molecule has 114 valence electrons. The third-order valence-corrected chi connectivity index (χ3v) is 5.05. The van der Waals surface area contributed by atoms with E-state index in [9.17, 15) is 8.42 Å². The minimum Gasteiger partial charge on any atom is -0.316 e.